The number of unbranched alkanes of at least 4 members (excludes halogenated alkanes) is 5. The maximum Gasteiger partial charge on any atom is 0.189 e. The summed E-state index contributed by atoms with van der Waals surface area (Å²) in [5.74, 6) is 4.48. The molecule has 7 atom stereocenters. The molecule has 0 unspecified atom stereocenters. The van der Waals surface area contributed by atoms with Gasteiger partial charge in [-0.25, -0.2) is 0 Å². The van der Waals surface area contributed by atoms with Gasteiger partial charge in [0.25, 0.3) is 0 Å². The SMILES string of the molecule is CCCCCCCC[C@@H]1CC[C@@H]2[C@@H]3CC=C4C[C@@H](SC(=O)CC5CCCCC5)CC[C@]4(C)[C@@H]3CC[C@]12C. The number of fused-ring (bicyclic) bond motifs is 5. The van der Waals surface area contributed by atoms with Crippen molar-refractivity contribution in [2.45, 2.75) is 161 Å². The first kappa shape index (κ1) is 28.3. The third-order valence-corrected chi connectivity index (χ3v) is 13.8. The first-order valence-electron chi connectivity index (χ1n) is 16.8. The van der Waals surface area contributed by atoms with Crippen LogP contribution in [0, 0.1) is 40.4 Å². The molecule has 0 spiro atoms. The zero-order chi connectivity index (χ0) is 25.9. The highest BCUT2D eigenvalue weighted by molar-refractivity contribution is 8.14. The quantitative estimate of drug-likeness (QED) is 0.208. The van der Waals surface area contributed by atoms with Crippen LogP contribution < -0.4 is 0 Å². The Hall–Kier alpha value is -0.240. The summed E-state index contributed by atoms with van der Waals surface area (Å²) in [6.07, 6.45) is 31.5. The van der Waals surface area contributed by atoms with Gasteiger partial charge in [-0.1, -0.05) is 102 Å². The molecular formula is C35H58OS. The lowest BCUT2D eigenvalue weighted by Gasteiger charge is -2.58. The Bertz CT molecular complexity index is 795. The van der Waals surface area contributed by atoms with E-state index < -0.39 is 0 Å². The van der Waals surface area contributed by atoms with Crippen molar-refractivity contribution in [2.75, 3.05) is 0 Å². The second-order valence-corrected chi connectivity index (χ2v) is 16.1. The maximum absolute atomic E-state index is 12.9. The molecule has 0 radical (unpaired) electrons. The van der Waals surface area contributed by atoms with Gasteiger partial charge in [-0.2, -0.15) is 0 Å². The fourth-order valence-electron chi connectivity index (χ4n) is 10.3. The highest BCUT2D eigenvalue weighted by atomic mass is 32.2. The van der Waals surface area contributed by atoms with Gasteiger partial charge in [-0.15, -0.1) is 0 Å². The predicted molar refractivity (Wildman–Crippen MR) is 161 cm³/mol. The molecule has 210 valence electrons. The summed E-state index contributed by atoms with van der Waals surface area (Å²) in [5.41, 5.74) is 2.80. The molecule has 5 aliphatic carbocycles. The van der Waals surface area contributed by atoms with Crippen molar-refractivity contribution in [2.24, 2.45) is 40.4 Å². The second kappa shape index (κ2) is 12.5. The molecule has 2 heteroatoms. The lowest BCUT2D eigenvalue weighted by molar-refractivity contribution is -0.112. The third-order valence-electron chi connectivity index (χ3n) is 12.6. The molecule has 1 nitrogen and oxygen atoms in total. The van der Waals surface area contributed by atoms with E-state index in [1.807, 2.05) is 0 Å². The van der Waals surface area contributed by atoms with Gasteiger partial charge in [0, 0.05) is 11.7 Å². The largest absolute Gasteiger partial charge is 0.287 e. The molecule has 0 saturated heterocycles. The van der Waals surface area contributed by atoms with E-state index in [0.717, 1.165) is 30.1 Å². The average Bonchev–Trinajstić information content (AvgIpc) is 3.23. The van der Waals surface area contributed by atoms with Crippen LogP contribution in [-0.2, 0) is 4.79 Å². The molecule has 0 amide bonds. The lowest BCUT2D eigenvalue weighted by Crippen LogP contribution is -2.50. The molecule has 37 heavy (non-hydrogen) atoms. The lowest BCUT2D eigenvalue weighted by atomic mass is 9.47. The van der Waals surface area contributed by atoms with Crippen molar-refractivity contribution in [3.05, 3.63) is 11.6 Å². The van der Waals surface area contributed by atoms with Crippen LogP contribution in [0.1, 0.15) is 156 Å². The number of allylic oxidation sites excluding steroid dienone is 2. The fourth-order valence-corrected chi connectivity index (χ4v) is 11.5. The minimum atomic E-state index is 0.422. The van der Waals surface area contributed by atoms with E-state index in [9.17, 15) is 4.79 Å². The molecule has 0 aromatic rings. The zero-order valence-electron chi connectivity index (χ0n) is 24.7. The molecule has 0 N–H and O–H groups in total. The van der Waals surface area contributed by atoms with Crippen molar-refractivity contribution < 1.29 is 4.79 Å². The summed E-state index contributed by atoms with van der Waals surface area (Å²) in [6, 6.07) is 0. The summed E-state index contributed by atoms with van der Waals surface area (Å²) in [6.45, 7) is 7.69. The Kier molecular flexibility index (Phi) is 9.57. The standard InChI is InChI=1S/C35H58OS/c1-4-5-6-7-8-12-15-27-17-19-31-30-18-16-28-25-29(37-33(36)24-26-13-10-9-11-14-26)20-22-35(28,3)32(30)21-23-34(27,31)2/h16,26-27,29-32H,4-15,17-25H2,1-3H3/t27-,29+,30+,31-,32-,34-,35+/m1/s1. The molecule has 0 bridgehead atoms. The number of hydrogen-bond donors (Lipinski definition) is 0. The Morgan fingerprint density at radius 3 is 2.49 bits per heavy atom. The molecule has 5 aliphatic rings. The Labute approximate surface area is 234 Å². The van der Waals surface area contributed by atoms with Crippen molar-refractivity contribution >= 4 is 16.9 Å². The van der Waals surface area contributed by atoms with Crippen LogP contribution in [0.15, 0.2) is 11.6 Å². The normalized spacial score (nSPS) is 40.0. The van der Waals surface area contributed by atoms with Crippen LogP contribution in [0.4, 0.5) is 0 Å². The van der Waals surface area contributed by atoms with Gasteiger partial charge in [-0.05, 0) is 111 Å². The van der Waals surface area contributed by atoms with E-state index in [-0.39, 0.29) is 0 Å². The van der Waals surface area contributed by atoms with E-state index in [4.69, 9.17) is 0 Å². The van der Waals surface area contributed by atoms with Crippen LogP contribution in [0.5, 0.6) is 0 Å². The first-order chi connectivity index (χ1) is 17.9. The van der Waals surface area contributed by atoms with Crippen molar-refractivity contribution in [1.29, 1.82) is 0 Å². The van der Waals surface area contributed by atoms with E-state index in [0.29, 0.717) is 27.1 Å². The Balaban J connectivity index is 1.16. The first-order valence-corrected chi connectivity index (χ1v) is 17.7. The van der Waals surface area contributed by atoms with Crippen molar-refractivity contribution in [3.8, 4) is 0 Å². The molecule has 4 saturated carbocycles. The minimum absolute atomic E-state index is 0.422. The highest BCUT2D eigenvalue weighted by Crippen LogP contribution is 2.67. The van der Waals surface area contributed by atoms with Gasteiger partial charge in [0.1, 0.15) is 0 Å². The van der Waals surface area contributed by atoms with Crippen LogP contribution in [-0.4, -0.2) is 10.4 Å². The summed E-state index contributed by atoms with van der Waals surface area (Å²) >= 11 is 1.75. The monoisotopic (exact) mass is 526 g/mol. The number of thioether (sulfide) groups is 1. The summed E-state index contributed by atoms with van der Waals surface area (Å²) in [4.78, 5) is 12.9. The summed E-state index contributed by atoms with van der Waals surface area (Å²) in [5, 5.41) is 1.06. The average molecular weight is 527 g/mol. The highest BCUT2D eigenvalue weighted by Gasteiger charge is 2.58. The van der Waals surface area contributed by atoms with E-state index in [1.165, 1.54) is 128 Å². The third kappa shape index (κ3) is 6.10. The molecule has 4 fully saturated rings. The van der Waals surface area contributed by atoms with Gasteiger partial charge in [-0.3, -0.25) is 4.79 Å². The second-order valence-electron chi connectivity index (χ2n) is 14.7. The predicted octanol–water partition coefficient (Wildman–Crippen LogP) is 10.9. The van der Waals surface area contributed by atoms with Crippen molar-refractivity contribution in [1.82, 2.24) is 0 Å². The molecule has 0 heterocycles. The zero-order valence-corrected chi connectivity index (χ0v) is 25.5. The number of hydrogen-bond acceptors (Lipinski definition) is 2. The Morgan fingerprint density at radius 1 is 0.892 bits per heavy atom. The smallest absolute Gasteiger partial charge is 0.189 e. The van der Waals surface area contributed by atoms with Crippen LogP contribution in [0.3, 0.4) is 0 Å². The van der Waals surface area contributed by atoms with Gasteiger partial charge >= 0.3 is 0 Å². The van der Waals surface area contributed by atoms with Crippen LogP contribution in [0.25, 0.3) is 0 Å². The Morgan fingerprint density at radius 2 is 1.68 bits per heavy atom. The minimum Gasteiger partial charge on any atom is -0.287 e. The number of rotatable bonds is 10. The van der Waals surface area contributed by atoms with Crippen molar-refractivity contribution in [3.63, 3.8) is 0 Å². The summed E-state index contributed by atoms with van der Waals surface area (Å²) < 4.78 is 0. The van der Waals surface area contributed by atoms with E-state index >= 15 is 0 Å². The van der Waals surface area contributed by atoms with Gasteiger partial charge in [0.2, 0.25) is 0 Å². The van der Waals surface area contributed by atoms with Crippen LogP contribution in [0.2, 0.25) is 0 Å². The maximum atomic E-state index is 12.9. The van der Waals surface area contributed by atoms with Gasteiger partial charge in [0.05, 0.1) is 0 Å². The van der Waals surface area contributed by atoms with Crippen LogP contribution >= 0.6 is 11.8 Å². The molecular weight excluding hydrogens is 468 g/mol. The van der Waals surface area contributed by atoms with E-state index in [1.54, 1.807) is 17.3 Å². The van der Waals surface area contributed by atoms with Gasteiger partial charge in [0.15, 0.2) is 5.12 Å². The summed E-state index contributed by atoms with van der Waals surface area (Å²) in [7, 11) is 0. The fraction of sp³-hybridized carbons (Fsp3) is 0.914. The molecule has 0 aliphatic heterocycles. The molecule has 0 aromatic heterocycles. The van der Waals surface area contributed by atoms with E-state index in [2.05, 4.69) is 26.8 Å². The molecule has 5 rings (SSSR count). The number of carbonyl (C=O) groups excluding carboxylic acids is 1. The number of carbonyl (C=O) groups is 1. The molecule has 0 aromatic carbocycles. The topological polar surface area (TPSA) is 17.1 Å². The van der Waals surface area contributed by atoms with Gasteiger partial charge < -0.3 is 0 Å².